The number of ether oxygens (including phenoxy) is 1. The number of aromatic nitrogens is 3. The Balaban J connectivity index is 1.71. The fourth-order valence-electron chi connectivity index (χ4n) is 3.52. The zero-order valence-corrected chi connectivity index (χ0v) is 21.2. The van der Waals surface area contributed by atoms with Gasteiger partial charge >= 0.3 is 6.18 Å². The first-order valence-corrected chi connectivity index (χ1v) is 13.1. The van der Waals surface area contributed by atoms with E-state index in [2.05, 4.69) is 25.2 Å². The van der Waals surface area contributed by atoms with Gasteiger partial charge in [0.2, 0.25) is 10.0 Å². The van der Waals surface area contributed by atoms with E-state index in [0.29, 0.717) is 5.56 Å². The monoisotopic (exact) mass is 560 g/mol. The number of hydrogen-bond donors (Lipinski definition) is 4. The van der Waals surface area contributed by atoms with Gasteiger partial charge in [0.1, 0.15) is 40.9 Å². The van der Waals surface area contributed by atoms with Crippen LogP contribution < -0.4 is 20.5 Å². The molecule has 10 nitrogen and oxygen atoms in total. The zero-order valence-electron chi connectivity index (χ0n) is 20.4. The molecule has 0 aliphatic carbocycles. The number of carbonyl (C=O) groups is 1. The Morgan fingerprint density at radius 3 is 2.49 bits per heavy atom. The minimum Gasteiger partial charge on any atom is -0.487 e. The van der Waals surface area contributed by atoms with E-state index >= 15 is 0 Å². The highest BCUT2D eigenvalue weighted by Crippen LogP contribution is 2.35. The van der Waals surface area contributed by atoms with E-state index in [4.69, 9.17) is 10.5 Å². The molecule has 2 aromatic heterocycles. The molecule has 14 heteroatoms. The number of anilines is 3. The standard InChI is InChI=1S/C25H23F3N6O4S/c1-2-39(36,37)34-17-12-11-16(13-18(17)38-14-15-7-4-3-5-8-15)22-21(23(29)35)24(33-32-22)31-20-10-6-9-19(30-20)25(26,27)28/h3-13,34H,2,14H2,1H3,(H2,29,35)(H2,30,31,32,33). The van der Waals surface area contributed by atoms with Crippen molar-refractivity contribution in [2.45, 2.75) is 19.7 Å². The average molecular weight is 561 g/mol. The van der Waals surface area contributed by atoms with E-state index in [1.165, 1.54) is 31.2 Å². The number of H-pyrrole nitrogens is 1. The first kappa shape index (κ1) is 27.4. The predicted octanol–water partition coefficient (Wildman–Crippen LogP) is 4.67. The minimum absolute atomic E-state index is 0.0615. The van der Waals surface area contributed by atoms with E-state index in [0.717, 1.165) is 17.7 Å². The van der Waals surface area contributed by atoms with Crippen LogP contribution in [0.4, 0.5) is 30.5 Å². The van der Waals surface area contributed by atoms with Crippen LogP contribution in [0.15, 0.2) is 66.7 Å². The molecule has 0 saturated carbocycles. The number of nitrogens with one attached hydrogen (secondary N) is 3. The molecule has 0 saturated heterocycles. The van der Waals surface area contributed by atoms with Gasteiger partial charge in [0.15, 0.2) is 0 Å². The molecule has 4 rings (SSSR count). The first-order chi connectivity index (χ1) is 18.5. The van der Waals surface area contributed by atoms with E-state index in [9.17, 15) is 26.4 Å². The molecular weight excluding hydrogens is 537 g/mol. The van der Waals surface area contributed by atoms with Gasteiger partial charge in [-0.15, -0.1) is 0 Å². The zero-order chi connectivity index (χ0) is 28.2. The van der Waals surface area contributed by atoms with Gasteiger partial charge in [0, 0.05) is 5.56 Å². The third-order valence-electron chi connectivity index (χ3n) is 5.44. The first-order valence-electron chi connectivity index (χ1n) is 11.5. The Labute approximate surface area is 221 Å². The second kappa shape index (κ2) is 11.0. The van der Waals surface area contributed by atoms with Crippen LogP contribution in [0, 0.1) is 0 Å². The summed E-state index contributed by atoms with van der Waals surface area (Å²) in [5, 5.41) is 9.30. The summed E-state index contributed by atoms with van der Waals surface area (Å²) in [6, 6.07) is 16.8. The third-order valence-corrected chi connectivity index (χ3v) is 6.73. The molecule has 2 aromatic carbocycles. The number of amides is 1. The molecule has 2 heterocycles. The SMILES string of the molecule is CCS(=O)(=O)Nc1ccc(-c2n[nH]c(Nc3cccc(C(F)(F)F)n3)c2C(N)=O)cc1OCc1ccccc1. The molecule has 0 bridgehead atoms. The molecule has 204 valence electrons. The number of hydrogen-bond acceptors (Lipinski definition) is 7. The van der Waals surface area contributed by atoms with Crippen LogP contribution in [-0.4, -0.2) is 35.3 Å². The summed E-state index contributed by atoms with van der Waals surface area (Å²) in [7, 11) is -3.64. The minimum atomic E-state index is -4.67. The Hall–Kier alpha value is -4.59. The number of nitrogens with zero attached hydrogens (tertiary/aromatic N) is 2. The fraction of sp³-hybridized carbons (Fsp3) is 0.160. The van der Waals surface area contributed by atoms with Gasteiger partial charge in [0.25, 0.3) is 5.91 Å². The smallest absolute Gasteiger partial charge is 0.433 e. The molecule has 5 N–H and O–H groups in total. The largest absolute Gasteiger partial charge is 0.487 e. The van der Waals surface area contributed by atoms with Crippen molar-refractivity contribution in [2.24, 2.45) is 5.73 Å². The molecule has 4 aromatic rings. The van der Waals surface area contributed by atoms with Crippen LogP contribution in [0.2, 0.25) is 0 Å². The maximum Gasteiger partial charge on any atom is 0.433 e. The van der Waals surface area contributed by atoms with Gasteiger partial charge in [-0.2, -0.15) is 18.3 Å². The number of halogens is 3. The molecule has 0 spiro atoms. The van der Waals surface area contributed by atoms with Gasteiger partial charge in [0.05, 0.1) is 11.4 Å². The maximum absolute atomic E-state index is 13.1. The summed E-state index contributed by atoms with van der Waals surface area (Å²) < 4.78 is 72.0. The summed E-state index contributed by atoms with van der Waals surface area (Å²) >= 11 is 0. The van der Waals surface area contributed by atoms with Crippen molar-refractivity contribution >= 4 is 33.3 Å². The lowest BCUT2D eigenvalue weighted by Crippen LogP contribution is -2.16. The van der Waals surface area contributed by atoms with Crippen molar-refractivity contribution < 1.29 is 31.1 Å². The number of alkyl halides is 3. The average Bonchev–Trinajstić information content (AvgIpc) is 3.32. The number of benzene rings is 2. The normalized spacial score (nSPS) is 11.7. The highest BCUT2D eigenvalue weighted by molar-refractivity contribution is 7.92. The van der Waals surface area contributed by atoms with Gasteiger partial charge in [-0.3, -0.25) is 14.6 Å². The van der Waals surface area contributed by atoms with Crippen molar-refractivity contribution in [1.29, 1.82) is 0 Å². The van der Waals surface area contributed by atoms with Crippen LogP contribution in [0.1, 0.15) is 28.5 Å². The molecule has 0 radical (unpaired) electrons. The molecule has 0 unspecified atom stereocenters. The van der Waals surface area contributed by atoms with Crippen LogP contribution >= 0.6 is 0 Å². The Bertz CT molecular complexity index is 1590. The van der Waals surface area contributed by atoms with Crippen LogP contribution in [0.3, 0.4) is 0 Å². The van der Waals surface area contributed by atoms with Crippen LogP contribution in [0.25, 0.3) is 11.3 Å². The second-order valence-electron chi connectivity index (χ2n) is 8.21. The summed E-state index contributed by atoms with van der Waals surface area (Å²) in [4.78, 5) is 15.9. The number of nitrogens with two attached hydrogens (primary N) is 1. The van der Waals surface area contributed by atoms with Crippen molar-refractivity contribution in [3.8, 4) is 17.0 Å². The van der Waals surface area contributed by atoms with Crippen molar-refractivity contribution in [2.75, 3.05) is 15.8 Å². The van der Waals surface area contributed by atoms with E-state index in [1.807, 2.05) is 30.3 Å². The quantitative estimate of drug-likeness (QED) is 0.220. The molecule has 0 aliphatic rings. The Morgan fingerprint density at radius 2 is 1.82 bits per heavy atom. The van der Waals surface area contributed by atoms with Gasteiger partial charge in [-0.25, -0.2) is 13.4 Å². The number of aromatic amines is 1. The number of pyridine rings is 1. The van der Waals surface area contributed by atoms with Crippen LogP contribution in [-0.2, 0) is 22.8 Å². The molecule has 39 heavy (non-hydrogen) atoms. The van der Waals surface area contributed by atoms with E-state index in [-0.39, 0.29) is 46.7 Å². The lowest BCUT2D eigenvalue weighted by molar-refractivity contribution is -0.141. The van der Waals surface area contributed by atoms with Gasteiger partial charge < -0.3 is 15.8 Å². The molecular formula is C25H23F3N6O4S. The lowest BCUT2D eigenvalue weighted by Gasteiger charge is -2.15. The fourth-order valence-corrected chi connectivity index (χ4v) is 4.17. The summed E-state index contributed by atoms with van der Waals surface area (Å²) in [6.07, 6.45) is -4.67. The number of primary amides is 1. The second-order valence-corrected chi connectivity index (χ2v) is 10.2. The topological polar surface area (TPSA) is 152 Å². The lowest BCUT2D eigenvalue weighted by atomic mass is 10.1. The van der Waals surface area contributed by atoms with Crippen molar-refractivity contribution in [3.05, 3.63) is 83.6 Å². The number of carbonyl (C=O) groups excluding carboxylic acids is 1. The van der Waals surface area contributed by atoms with E-state index in [1.54, 1.807) is 0 Å². The van der Waals surface area contributed by atoms with Gasteiger partial charge in [-0.05, 0) is 36.8 Å². The number of sulfonamides is 1. The summed E-state index contributed by atoms with van der Waals surface area (Å²) in [5.74, 6) is -1.21. The summed E-state index contributed by atoms with van der Waals surface area (Å²) in [5.41, 5.74) is 5.69. The highest BCUT2D eigenvalue weighted by atomic mass is 32.2. The van der Waals surface area contributed by atoms with Crippen molar-refractivity contribution in [1.82, 2.24) is 15.2 Å². The van der Waals surface area contributed by atoms with Crippen LogP contribution in [0.5, 0.6) is 5.75 Å². The van der Waals surface area contributed by atoms with Gasteiger partial charge in [-0.1, -0.05) is 42.5 Å². The highest BCUT2D eigenvalue weighted by Gasteiger charge is 2.32. The molecule has 1 amide bonds. The predicted molar refractivity (Wildman–Crippen MR) is 139 cm³/mol. The third kappa shape index (κ3) is 6.65. The van der Waals surface area contributed by atoms with E-state index < -0.39 is 27.8 Å². The summed E-state index contributed by atoms with van der Waals surface area (Å²) in [6.45, 7) is 1.60. The molecule has 0 aliphatic heterocycles. The Morgan fingerprint density at radius 1 is 1.08 bits per heavy atom. The maximum atomic E-state index is 13.1. The Kier molecular flexibility index (Phi) is 7.76. The number of rotatable bonds is 10. The molecule has 0 atom stereocenters. The molecule has 0 fully saturated rings. The van der Waals surface area contributed by atoms with Crippen molar-refractivity contribution in [3.63, 3.8) is 0 Å².